The quantitative estimate of drug-likeness (QED) is 0.485. The van der Waals surface area contributed by atoms with Gasteiger partial charge >= 0.3 is 0 Å². The van der Waals surface area contributed by atoms with E-state index in [0.717, 1.165) is 30.8 Å². The lowest BCUT2D eigenvalue weighted by Crippen LogP contribution is -2.38. The largest absolute Gasteiger partial charge is 0.489 e. The van der Waals surface area contributed by atoms with Crippen LogP contribution in [0.2, 0.25) is 0 Å². The predicted octanol–water partition coefficient (Wildman–Crippen LogP) is 3.91. The van der Waals surface area contributed by atoms with Gasteiger partial charge in [0.25, 0.3) is 11.6 Å². The van der Waals surface area contributed by atoms with E-state index in [1.165, 1.54) is 12.1 Å². The lowest BCUT2D eigenvalue weighted by molar-refractivity contribution is -0.701. The smallest absolute Gasteiger partial charge is 0.278 e. The molecule has 3 aromatic carbocycles. The molecule has 1 aliphatic heterocycles. The average molecular weight is 416 g/mol. The Kier molecular flexibility index (Phi) is 5.22. The number of aliphatic hydroxyl groups excluding tert-OH is 1. The molecule has 1 unspecified atom stereocenters. The average Bonchev–Trinajstić information content (AvgIpc) is 3.40. The highest BCUT2D eigenvalue weighted by molar-refractivity contribution is 5.39. The van der Waals surface area contributed by atoms with Crippen LogP contribution in [0.25, 0.3) is 5.69 Å². The fraction of sp³-hybridized carbons (Fsp3) is 0.200. The van der Waals surface area contributed by atoms with Crippen molar-refractivity contribution in [2.45, 2.75) is 32.1 Å². The van der Waals surface area contributed by atoms with Crippen LogP contribution in [0.1, 0.15) is 35.3 Å². The summed E-state index contributed by atoms with van der Waals surface area (Å²) in [4.78, 5) is 0. The Labute approximate surface area is 180 Å². The maximum atomic E-state index is 13.5. The second-order valence-electron chi connectivity index (χ2n) is 7.63. The summed E-state index contributed by atoms with van der Waals surface area (Å²) in [6.45, 7) is 1.20. The van der Waals surface area contributed by atoms with Gasteiger partial charge in [-0.05, 0) is 42.3 Å². The number of benzene rings is 3. The van der Waals surface area contributed by atoms with Crippen molar-refractivity contribution in [2.24, 2.45) is 0 Å². The van der Waals surface area contributed by atoms with E-state index in [1.807, 2.05) is 54.6 Å². The number of halogens is 1. The topological polar surface area (TPSA) is 51.2 Å². The number of hydrogen-bond acceptors (Lipinski definition) is 3. The summed E-state index contributed by atoms with van der Waals surface area (Å²) >= 11 is 0. The maximum absolute atomic E-state index is 13.5. The Morgan fingerprint density at radius 3 is 2.55 bits per heavy atom. The molecule has 6 heteroatoms. The first-order valence-electron chi connectivity index (χ1n) is 10.4. The molecule has 5 rings (SSSR count). The molecule has 31 heavy (non-hydrogen) atoms. The molecule has 1 aromatic heterocycles. The van der Waals surface area contributed by atoms with Crippen molar-refractivity contribution in [2.75, 3.05) is 0 Å². The summed E-state index contributed by atoms with van der Waals surface area (Å²) in [5.41, 5.74) is 2.43. The first-order valence-corrected chi connectivity index (χ1v) is 10.4. The van der Waals surface area contributed by atoms with Crippen molar-refractivity contribution in [3.05, 3.63) is 107 Å². The number of fused-ring (bicyclic) bond motifs is 1. The van der Waals surface area contributed by atoms with Gasteiger partial charge in [0.1, 0.15) is 23.9 Å². The SMILES string of the molecule is OC(c1ccccc1OCc1ccccc1)c1n(-c2ccc(F)cc2)nc2[n+]1CCC2. The lowest BCUT2D eigenvalue weighted by atomic mass is 10.1. The molecule has 0 radical (unpaired) electrons. The maximum Gasteiger partial charge on any atom is 0.278 e. The third-order valence-corrected chi connectivity index (χ3v) is 5.57. The van der Waals surface area contributed by atoms with E-state index in [0.29, 0.717) is 29.4 Å². The van der Waals surface area contributed by atoms with Gasteiger partial charge in [-0.1, -0.05) is 53.2 Å². The van der Waals surface area contributed by atoms with Gasteiger partial charge in [-0.25, -0.2) is 8.96 Å². The highest BCUT2D eigenvalue weighted by Gasteiger charge is 2.36. The third-order valence-electron chi connectivity index (χ3n) is 5.57. The number of aliphatic hydroxyl groups is 1. The molecule has 4 aromatic rings. The van der Waals surface area contributed by atoms with E-state index in [9.17, 15) is 9.50 Å². The van der Waals surface area contributed by atoms with E-state index >= 15 is 0 Å². The summed E-state index contributed by atoms with van der Waals surface area (Å²) in [5, 5.41) is 16.2. The van der Waals surface area contributed by atoms with E-state index < -0.39 is 6.10 Å². The molecule has 5 nitrogen and oxygen atoms in total. The van der Waals surface area contributed by atoms with Crippen LogP contribution in [-0.2, 0) is 19.6 Å². The fourth-order valence-corrected chi connectivity index (χ4v) is 4.04. The number of hydrogen-bond donors (Lipinski definition) is 1. The van der Waals surface area contributed by atoms with Gasteiger partial charge in [-0.15, -0.1) is 0 Å². The van der Waals surface area contributed by atoms with Crippen LogP contribution in [0.15, 0.2) is 78.9 Å². The monoisotopic (exact) mass is 416 g/mol. The van der Waals surface area contributed by atoms with Gasteiger partial charge < -0.3 is 9.84 Å². The summed E-state index contributed by atoms with van der Waals surface area (Å²) < 4.78 is 23.3. The molecule has 0 amide bonds. The van der Waals surface area contributed by atoms with Gasteiger partial charge in [0.05, 0.1) is 6.54 Å². The molecule has 0 aliphatic carbocycles. The van der Waals surface area contributed by atoms with Gasteiger partial charge in [0, 0.05) is 17.1 Å². The van der Waals surface area contributed by atoms with Crippen LogP contribution in [-0.4, -0.2) is 14.9 Å². The van der Waals surface area contributed by atoms with Gasteiger partial charge in [-0.2, -0.15) is 0 Å². The number of para-hydroxylation sites is 1. The van der Waals surface area contributed by atoms with Crippen LogP contribution in [0, 0.1) is 5.82 Å². The van der Waals surface area contributed by atoms with Crippen molar-refractivity contribution in [3.63, 3.8) is 0 Å². The number of aryl methyl sites for hydroxylation is 1. The Morgan fingerprint density at radius 1 is 1.00 bits per heavy atom. The molecule has 0 saturated carbocycles. The first kappa shape index (κ1) is 19.5. The molecular weight excluding hydrogens is 393 g/mol. The van der Waals surface area contributed by atoms with Gasteiger partial charge in [0.2, 0.25) is 0 Å². The van der Waals surface area contributed by atoms with E-state index in [2.05, 4.69) is 4.57 Å². The molecule has 1 atom stereocenters. The Morgan fingerprint density at radius 2 is 1.74 bits per heavy atom. The molecule has 0 spiro atoms. The zero-order chi connectivity index (χ0) is 21.2. The highest BCUT2D eigenvalue weighted by Crippen LogP contribution is 2.31. The Hall–Kier alpha value is -3.51. The number of ether oxygens (including phenoxy) is 1. The van der Waals surface area contributed by atoms with E-state index in [-0.39, 0.29) is 5.82 Å². The zero-order valence-electron chi connectivity index (χ0n) is 17.0. The van der Waals surface area contributed by atoms with Crippen LogP contribution >= 0.6 is 0 Å². The van der Waals surface area contributed by atoms with Crippen molar-refractivity contribution >= 4 is 0 Å². The molecular formula is C25H23FN3O2+. The number of aromatic nitrogens is 3. The number of rotatable bonds is 6. The van der Waals surface area contributed by atoms with Crippen LogP contribution < -0.4 is 9.30 Å². The lowest BCUT2D eigenvalue weighted by Gasteiger charge is -2.15. The molecule has 1 N–H and O–H groups in total. The summed E-state index contributed by atoms with van der Waals surface area (Å²) in [5.74, 6) is 1.88. The minimum atomic E-state index is -0.948. The van der Waals surface area contributed by atoms with Crippen LogP contribution in [0.3, 0.4) is 0 Å². The van der Waals surface area contributed by atoms with E-state index in [4.69, 9.17) is 9.84 Å². The third kappa shape index (κ3) is 3.82. The number of nitrogens with zero attached hydrogens (tertiary/aromatic N) is 3. The first-order chi connectivity index (χ1) is 15.2. The summed E-state index contributed by atoms with van der Waals surface area (Å²) in [6, 6.07) is 23.6. The summed E-state index contributed by atoms with van der Waals surface area (Å²) in [7, 11) is 0. The molecule has 2 heterocycles. The molecule has 0 fully saturated rings. The minimum absolute atomic E-state index is 0.308. The van der Waals surface area contributed by atoms with Crippen molar-refractivity contribution in [1.29, 1.82) is 0 Å². The van der Waals surface area contributed by atoms with Crippen molar-refractivity contribution < 1.29 is 18.8 Å². The molecule has 0 saturated heterocycles. The van der Waals surface area contributed by atoms with Crippen LogP contribution in [0.4, 0.5) is 4.39 Å². The molecule has 0 bridgehead atoms. The highest BCUT2D eigenvalue weighted by atomic mass is 19.1. The van der Waals surface area contributed by atoms with Gasteiger partial charge in [-0.3, -0.25) is 0 Å². The van der Waals surface area contributed by atoms with Crippen LogP contribution in [0.5, 0.6) is 5.75 Å². The fourth-order valence-electron chi connectivity index (χ4n) is 4.04. The Bertz CT molecular complexity index is 1190. The van der Waals surface area contributed by atoms with Crippen molar-refractivity contribution in [1.82, 2.24) is 9.78 Å². The zero-order valence-corrected chi connectivity index (χ0v) is 17.0. The standard InChI is InChI=1S/C25H23FN3O2/c26-19-12-14-20(15-13-19)29-25(28-16-6-11-23(28)27-29)24(30)21-9-4-5-10-22(21)31-17-18-7-2-1-3-8-18/h1-5,7-10,12-15,24,30H,6,11,16-17H2/q+1. The normalized spacial score (nSPS) is 13.7. The second kappa shape index (κ2) is 8.32. The van der Waals surface area contributed by atoms with E-state index in [1.54, 1.807) is 16.8 Å². The summed E-state index contributed by atoms with van der Waals surface area (Å²) in [6.07, 6.45) is 0.884. The Balaban J connectivity index is 1.52. The minimum Gasteiger partial charge on any atom is -0.489 e. The molecule has 1 aliphatic rings. The molecule has 156 valence electrons. The van der Waals surface area contributed by atoms with Crippen molar-refractivity contribution in [3.8, 4) is 11.4 Å². The van der Waals surface area contributed by atoms with Gasteiger partial charge in [0.15, 0.2) is 6.10 Å². The second-order valence-corrected chi connectivity index (χ2v) is 7.63. The predicted molar refractivity (Wildman–Crippen MR) is 113 cm³/mol.